The van der Waals surface area contributed by atoms with Crippen molar-refractivity contribution < 1.29 is 29.7 Å². The van der Waals surface area contributed by atoms with Crippen molar-refractivity contribution in [1.82, 2.24) is 10.6 Å². The molecule has 0 heterocycles. The molecule has 1 aromatic carbocycles. The number of nitrogens with zero attached hydrogens (tertiary/aromatic N) is 1. The van der Waals surface area contributed by atoms with E-state index >= 15 is 0 Å². The predicted octanol–water partition coefficient (Wildman–Crippen LogP) is 0.0421. The van der Waals surface area contributed by atoms with Gasteiger partial charge in [-0.15, -0.1) is 0 Å². The van der Waals surface area contributed by atoms with Gasteiger partial charge in [-0.2, -0.15) is 0 Å². The van der Waals surface area contributed by atoms with Gasteiger partial charge >= 0.3 is 0 Å². The highest BCUT2D eigenvalue weighted by Crippen LogP contribution is 2.34. The van der Waals surface area contributed by atoms with Crippen molar-refractivity contribution >= 4 is 23.4 Å². The van der Waals surface area contributed by atoms with Crippen LogP contribution in [0.25, 0.3) is 0 Å². The van der Waals surface area contributed by atoms with Gasteiger partial charge in [0, 0.05) is 31.3 Å². The Balaban J connectivity index is 3.76. The quantitative estimate of drug-likeness (QED) is 0.380. The molecule has 168 valence electrons. The summed E-state index contributed by atoms with van der Waals surface area (Å²) in [5.41, 5.74) is 2.34. The largest absolute Gasteiger partial charge is 0.392 e. The van der Waals surface area contributed by atoms with E-state index in [0.29, 0.717) is 28.8 Å². The van der Waals surface area contributed by atoms with Crippen LogP contribution in [0.1, 0.15) is 58.2 Å². The molecular formula is C21H33N3O6. The average molecular weight is 424 g/mol. The van der Waals surface area contributed by atoms with E-state index in [1.165, 1.54) is 25.8 Å². The van der Waals surface area contributed by atoms with Crippen LogP contribution in [-0.2, 0) is 11.2 Å². The normalized spacial score (nSPS) is 12.8. The molecule has 3 amide bonds. The fourth-order valence-corrected chi connectivity index (χ4v) is 3.43. The van der Waals surface area contributed by atoms with Crippen molar-refractivity contribution in [2.45, 2.75) is 53.2 Å². The molecule has 0 aromatic heterocycles. The number of aliphatic hydroxyl groups is 3. The molecule has 5 N–H and O–H groups in total. The van der Waals surface area contributed by atoms with E-state index in [9.17, 15) is 29.7 Å². The van der Waals surface area contributed by atoms with Crippen LogP contribution >= 0.6 is 0 Å². The zero-order chi connectivity index (χ0) is 23.2. The molecule has 0 radical (unpaired) electrons. The number of carbonyl (C=O) groups excluding carboxylic acids is 3. The Kier molecular flexibility index (Phi) is 9.41. The molecule has 0 aliphatic rings. The summed E-state index contributed by atoms with van der Waals surface area (Å²) in [6.45, 7) is 7.56. The lowest BCUT2D eigenvalue weighted by atomic mass is 9.87. The number of aliphatic hydroxyl groups excluding tert-OH is 3. The first-order valence-corrected chi connectivity index (χ1v) is 9.93. The first-order chi connectivity index (χ1) is 14.0. The molecular weight excluding hydrogens is 390 g/mol. The standard InChI is InChI=1S/C21H33N3O6/c1-7-15-18(21(30)23-9-12(3)27)13(4)17(20(29)22-8-11(2)26)14(5)19(15)24(6)16(28)10-25/h11-12,25-27H,7-10H2,1-6H3,(H,22,29)(H,23,30). The number of amides is 3. The predicted molar refractivity (Wildman–Crippen MR) is 114 cm³/mol. The van der Waals surface area contributed by atoms with Crippen molar-refractivity contribution in [3.8, 4) is 0 Å². The van der Waals surface area contributed by atoms with E-state index < -0.39 is 36.5 Å². The monoisotopic (exact) mass is 423 g/mol. The third kappa shape index (κ3) is 5.78. The smallest absolute Gasteiger partial charge is 0.252 e. The molecule has 30 heavy (non-hydrogen) atoms. The van der Waals surface area contributed by atoms with Gasteiger partial charge < -0.3 is 30.9 Å². The summed E-state index contributed by atoms with van der Waals surface area (Å²) < 4.78 is 0. The van der Waals surface area contributed by atoms with Gasteiger partial charge in [0.15, 0.2) is 0 Å². The van der Waals surface area contributed by atoms with Gasteiger partial charge in [-0.25, -0.2) is 0 Å². The second-order valence-electron chi connectivity index (χ2n) is 7.41. The van der Waals surface area contributed by atoms with Crippen LogP contribution in [0.3, 0.4) is 0 Å². The molecule has 0 saturated heterocycles. The zero-order valence-corrected chi connectivity index (χ0v) is 18.5. The fourth-order valence-electron chi connectivity index (χ4n) is 3.43. The summed E-state index contributed by atoms with van der Waals surface area (Å²) in [4.78, 5) is 39.3. The van der Waals surface area contributed by atoms with Crippen molar-refractivity contribution in [1.29, 1.82) is 0 Å². The molecule has 1 aromatic rings. The van der Waals surface area contributed by atoms with Crippen LogP contribution in [0.4, 0.5) is 5.69 Å². The third-order valence-corrected chi connectivity index (χ3v) is 4.84. The second-order valence-corrected chi connectivity index (χ2v) is 7.41. The Morgan fingerprint density at radius 3 is 1.80 bits per heavy atom. The fraction of sp³-hybridized carbons (Fsp3) is 0.571. The molecule has 9 heteroatoms. The summed E-state index contributed by atoms with van der Waals surface area (Å²) in [6, 6.07) is 0. The minimum atomic E-state index is -0.753. The zero-order valence-electron chi connectivity index (χ0n) is 18.5. The number of carbonyl (C=O) groups is 3. The van der Waals surface area contributed by atoms with Gasteiger partial charge in [-0.05, 0) is 50.8 Å². The first kappa shape index (κ1) is 25.5. The van der Waals surface area contributed by atoms with Gasteiger partial charge in [-0.1, -0.05) is 6.92 Å². The summed E-state index contributed by atoms with van der Waals surface area (Å²) in [6.07, 6.45) is -1.11. The Morgan fingerprint density at radius 2 is 1.40 bits per heavy atom. The maximum Gasteiger partial charge on any atom is 0.252 e. The lowest BCUT2D eigenvalue weighted by Gasteiger charge is -2.28. The van der Waals surface area contributed by atoms with Crippen LogP contribution in [0, 0.1) is 13.8 Å². The molecule has 0 aliphatic carbocycles. The molecule has 0 aliphatic heterocycles. The Bertz CT molecular complexity index is 805. The molecule has 0 saturated carbocycles. The second kappa shape index (κ2) is 11.1. The SMILES string of the molecule is CCc1c(C(=O)NCC(C)O)c(C)c(C(=O)NCC(C)O)c(C)c1N(C)C(=O)CO. The van der Waals surface area contributed by atoms with Crippen molar-refractivity contribution in [3.63, 3.8) is 0 Å². The van der Waals surface area contributed by atoms with E-state index in [-0.39, 0.29) is 24.2 Å². The average Bonchev–Trinajstić information content (AvgIpc) is 2.68. The summed E-state index contributed by atoms with van der Waals surface area (Å²) in [7, 11) is 1.48. The first-order valence-electron chi connectivity index (χ1n) is 9.93. The minimum absolute atomic E-state index is 0.0253. The number of rotatable bonds is 9. The van der Waals surface area contributed by atoms with Crippen LogP contribution < -0.4 is 15.5 Å². The Hall–Kier alpha value is -2.49. The van der Waals surface area contributed by atoms with Crippen LogP contribution in [0.15, 0.2) is 0 Å². The maximum absolute atomic E-state index is 13.0. The third-order valence-electron chi connectivity index (χ3n) is 4.84. The summed E-state index contributed by atoms with van der Waals surface area (Å²) in [5.74, 6) is -1.53. The topological polar surface area (TPSA) is 139 Å². The Morgan fingerprint density at radius 1 is 0.933 bits per heavy atom. The molecule has 0 bridgehead atoms. The molecule has 0 spiro atoms. The number of nitrogens with one attached hydrogen (secondary N) is 2. The van der Waals surface area contributed by atoms with Crippen LogP contribution in [-0.4, -0.2) is 72.0 Å². The molecule has 2 atom stereocenters. The highest BCUT2D eigenvalue weighted by Gasteiger charge is 2.29. The van der Waals surface area contributed by atoms with Gasteiger partial charge in [-0.3, -0.25) is 14.4 Å². The van der Waals surface area contributed by atoms with E-state index in [2.05, 4.69) is 10.6 Å². The lowest BCUT2D eigenvalue weighted by molar-refractivity contribution is -0.121. The van der Waals surface area contributed by atoms with E-state index in [0.717, 1.165) is 0 Å². The summed E-state index contributed by atoms with van der Waals surface area (Å²) >= 11 is 0. The molecule has 1 rings (SSSR count). The number of hydrogen-bond donors (Lipinski definition) is 5. The maximum atomic E-state index is 13.0. The van der Waals surface area contributed by atoms with Gasteiger partial charge in [0.25, 0.3) is 17.7 Å². The number of likely N-dealkylation sites (N-methyl/N-ethyl adjacent to an activating group) is 1. The highest BCUT2D eigenvalue weighted by molar-refractivity contribution is 6.08. The van der Waals surface area contributed by atoms with E-state index in [4.69, 9.17) is 0 Å². The van der Waals surface area contributed by atoms with Crippen molar-refractivity contribution in [2.24, 2.45) is 0 Å². The minimum Gasteiger partial charge on any atom is -0.392 e. The van der Waals surface area contributed by atoms with Crippen molar-refractivity contribution in [3.05, 3.63) is 27.8 Å². The van der Waals surface area contributed by atoms with E-state index in [1.807, 2.05) is 6.92 Å². The van der Waals surface area contributed by atoms with E-state index in [1.54, 1.807) is 13.8 Å². The van der Waals surface area contributed by atoms with Gasteiger partial charge in [0.1, 0.15) is 6.61 Å². The van der Waals surface area contributed by atoms with Crippen molar-refractivity contribution in [2.75, 3.05) is 31.6 Å². The van der Waals surface area contributed by atoms with Crippen LogP contribution in [0.5, 0.6) is 0 Å². The number of anilines is 1. The number of benzene rings is 1. The highest BCUT2D eigenvalue weighted by atomic mass is 16.3. The lowest BCUT2D eigenvalue weighted by Crippen LogP contribution is -2.37. The summed E-state index contributed by atoms with van der Waals surface area (Å²) in [5, 5.41) is 33.6. The molecule has 2 unspecified atom stereocenters. The molecule has 0 fully saturated rings. The molecule has 9 nitrogen and oxygen atoms in total. The van der Waals surface area contributed by atoms with Gasteiger partial charge in [0.05, 0.1) is 17.9 Å². The van der Waals surface area contributed by atoms with Gasteiger partial charge in [0.2, 0.25) is 0 Å². The number of hydrogen-bond acceptors (Lipinski definition) is 6. The van der Waals surface area contributed by atoms with Crippen LogP contribution in [0.2, 0.25) is 0 Å². The Labute approximate surface area is 177 Å².